The minimum absolute atomic E-state index is 0.447. The van der Waals surface area contributed by atoms with E-state index in [9.17, 15) is 19.2 Å². The van der Waals surface area contributed by atoms with Crippen LogP contribution in [0.3, 0.4) is 0 Å². The maximum absolute atomic E-state index is 13.1. The number of carbonyl (C=O) groups is 4. The average molecular weight is 431 g/mol. The van der Waals surface area contributed by atoms with Gasteiger partial charge in [0.2, 0.25) is 0 Å². The van der Waals surface area contributed by atoms with E-state index >= 15 is 0 Å². The van der Waals surface area contributed by atoms with Gasteiger partial charge in [-0.2, -0.15) is 0 Å². The molecule has 0 amide bonds. The smallest absolute Gasteiger partial charge is 0.336 e. The van der Waals surface area contributed by atoms with Crippen molar-refractivity contribution in [3.63, 3.8) is 0 Å². The first-order valence-electron chi connectivity index (χ1n) is 10.8. The van der Waals surface area contributed by atoms with E-state index in [1.807, 2.05) is 6.92 Å². The van der Waals surface area contributed by atoms with Crippen LogP contribution in [-0.2, 0) is 38.1 Å². The first-order valence-corrected chi connectivity index (χ1v) is 10.8. The van der Waals surface area contributed by atoms with Crippen LogP contribution in [-0.4, -0.2) is 48.3 Å². The van der Waals surface area contributed by atoms with Crippen molar-refractivity contribution >= 4 is 23.9 Å². The molecule has 0 aromatic rings. The summed E-state index contributed by atoms with van der Waals surface area (Å²) < 4.78 is 21.2. The van der Waals surface area contributed by atoms with Crippen LogP contribution in [0.15, 0.2) is 0 Å². The Morgan fingerprint density at radius 1 is 0.567 bits per heavy atom. The average Bonchev–Trinajstić information content (AvgIpc) is 2.70. The standard InChI is InChI=1S/C22H38O8/c1-9-14(5)27-18(23)13-22(19(24)28-15(6)10-2,20(25)29-16(7)11-3)21(26)30-17(8)12-4/h14-17H,9-13H2,1-8H3. The first kappa shape index (κ1) is 27.9. The molecule has 0 aliphatic carbocycles. The van der Waals surface area contributed by atoms with E-state index in [4.69, 9.17) is 18.9 Å². The fourth-order valence-corrected chi connectivity index (χ4v) is 2.13. The molecule has 0 rings (SSSR count). The summed E-state index contributed by atoms with van der Waals surface area (Å²) in [6.07, 6.45) is -1.11. The Labute approximate surface area is 180 Å². The monoisotopic (exact) mass is 430 g/mol. The van der Waals surface area contributed by atoms with Gasteiger partial charge in [0.1, 0.15) is 0 Å². The van der Waals surface area contributed by atoms with Crippen molar-refractivity contribution in [1.29, 1.82) is 0 Å². The summed E-state index contributed by atoms with van der Waals surface area (Å²) in [7, 11) is 0. The van der Waals surface area contributed by atoms with E-state index in [-0.39, 0.29) is 0 Å². The zero-order valence-corrected chi connectivity index (χ0v) is 19.6. The van der Waals surface area contributed by atoms with Gasteiger partial charge in [0.25, 0.3) is 5.41 Å². The lowest BCUT2D eigenvalue weighted by Crippen LogP contribution is -2.53. The lowest BCUT2D eigenvalue weighted by molar-refractivity contribution is -0.194. The van der Waals surface area contributed by atoms with Gasteiger partial charge in [-0.05, 0) is 53.4 Å². The molecule has 0 aliphatic heterocycles. The highest BCUT2D eigenvalue weighted by molar-refractivity contribution is 6.20. The van der Waals surface area contributed by atoms with E-state index in [2.05, 4.69) is 0 Å². The predicted octanol–water partition coefficient (Wildman–Crippen LogP) is 3.73. The highest BCUT2D eigenvalue weighted by atomic mass is 16.6. The topological polar surface area (TPSA) is 105 Å². The van der Waals surface area contributed by atoms with Crippen LogP contribution in [0, 0.1) is 5.41 Å². The van der Waals surface area contributed by atoms with Gasteiger partial charge in [-0.3, -0.25) is 19.2 Å². The largest absolute Gasteiger partial charge is 0.463 e. The molecule has 0 saturated carbocycles. The molecule has 8 nitrogen and oxygen atoms in total. The molecule has 8 heteroatoms. The SMILES string of the molecule is CCC(C)OC(=O)CC(C(=O)OC(C)CC)(C(=O)OC(C)CC)C(=O)OC(C)CC. The van der Waals surface area contributed by atoms with Gasteiger partial charge in [-0.1, -0.05) is 27.7 Å². The Morgan fingerprint density at radius 3 is 1.10 bits per heavy atom. The molecule has 0 aromatic carbocycles. The minimum Gasteiger partial charge on any atom is -0.463 e. The third-order valence-corrected chi connectivity index (χ3v) is 5.01. The maximum Gasteiger partial charge on any atom is 0.336 e. The second kappa shape index (κ2) is 13.2. The molecule has 0 aromatic heterocycles. The molecular weight excluding hydrogens is 392 g/mol. The molecular formula is C22H38O8. The van der Waals surface area contributed by atoms with Gasteiger partial charge in [0.15, 0.2) is 0 Å². The number of hydrogen-bond acceptors (Lipinski definition) is 8. The molecule has 4 unspecified atom stereocenters. The van der Waals surface area contributed by atoms with Crippen molar-refractivity contribution in [2.75, 3.05) is 0 Å². The Kier molecular flexibility index (Phi) is 12.3. The van der Waals surface area contributed by atoms with Gasteiger partial charge >= 0.3 is 23.9 Å². The fraction of sp³-hybridized carbons (Fsp3) is 0.818. The summed E-state index contributed by atoms with van der Waals surface area (Å²) in [5.41, 5.74) is -2.58. The van der Waals surface area contributed by atoms with Crippen molar-refractivity contribution in [1.82, 2.24) is 0 Å². The molecule has 0 N–H and O–H groups in total. The van der Waals surface area contributed by atoms with Crippen LogP contribution in [0.25, 0.3) is 0 Å². The van der Waals surface area contributed by atoms with Crippen LogP contribution in [0.2, 0.25) is 0 Å². The Bertz CT molecular complexity index is 526. The second-order valence-electron chi connectivity index (χ2n) is 7.66. The Balaban J connectivity index is 6.28. The van der Waals surface area contributed by atoms with Crippen LogP contribution in [0.4, 0.5) is 0 Å². The van der Waals surface area contributed by atoms with E-state index in [0.29, 0.717) is 25.7 Å². The molecule has 4 atom stereocenters. The number of hydrogen-bond donors (Lipinski definition) is 0. The van der Waals surface area contributed by atoms with Crippen LogP contribution < -0.4 is 0 Å². The van der Waals surface area contributed by atoms with Crippen molar-refractivity contribution < 1.29 is 38.1 Å². The summed E-state index contributed by atoms with van der Waals surface area (Å²) in [5.74, 6) is -4.38. The van der Waals surface area contributed by atoms with E-state index in [1.54, 1.807) is 48.5 Å². The summed E-state index contributed by atoms with van der Waals surface area (Å²) >= 11 is 0. The lowest BCUT2D eigenvalue weighted by atomic mass is 9.83. The van der Waals surface area contributed by atoms with Crippen LogP contribution >= 0.6 is 0 Å². The Hall–Kier alpha value is -2.12. The molecule has 0 bridgehead atoms. The summed E-state index contributed by atoms with van der Waals surface area (Å²) in [5, 5.41) is 0. The number of esters is 4. The van der Waals surface area contributed by atoms with Crippen molar-refractivity contribution in [3.8, 4) is 0 Å². The second-order valence-corrected chi connectivity index (χ2v) is 7.66. The molecule has 174 valence electrons. The molecule has 0 fully saturated rings. The van der Waals surface area contributed by atoms with Gasteiger partial charge < -0.3 is 18.9 Å². The predicted molar refractivity (Wildman–Crippen MR) is 110 cm³/mol. The van der Waals surface area contributed by atoms with Gasteiger partial charge in [-0.25, -0.2) is 0 Å². The minimum atomic E-state index is -2.58. The summed E-state index contributed by atoms with van der Waals surface area (Å²) in [6.45, 7) is 13.7. The number of ether oxygens (including phenoxy) is 4. The summed E-state index contributed by atoms with van der Waals surface area (Å²) in [4.78, 5) is 51.9. The van der Waals surface area contributed by atoms with Crippen molar-refractivity contribution in [3.05, 3.63) is 0 Å². The molecule has 0 saturated heterocycles. The van der Waals surface area contributed by atoms with Crippen molar-refractivity contribution in [2.24, 2.45) is 5.41 Å². The normalized spacial score (nSPS) is 16.9. The molecule has 0 aliphatic rings. The zero-order valence-electron chi connectivity index (χ0n) is 19.6. The third-order valence-electron chi connectivity index (χ3n) is 5.01. The van der Waals surface area contributed by atoms with E-state index < -0.39 is 60.1 Å². The Morgan fingerprint density at radius 2 is 0.833 bits per heavy atom. The highest BCUT2D eigenvalue weighted by Gasteiger charge is 2.60. The first-order chi connectivity index (χ1) is 14.0. The quantitative estimate of drug-likeness (QED) is 0.247. The van der Waals surface area contributed by atoms with E-state index in [1.165, 1.54) is 0 Å². The molecule has 0 heterocycles. The highest BCUT2D eigenvalue weighted by Crippen LogP contribution is 2.32. The number of rotatable bonds is 13. The van der Waals surface area contributed by atoms with Gasteiger partial charge in [0, 0.05) is 0 Å². The third kappa shape index (κ3) is 7.95. The number of carbonyl (C=O) groups excluding carboxylic acids is 4. The fourth-order valence-electron chi connectivity index (χ4n) is 2.13. The van der Waals surface area contributed by atoms with Crippen molar-refractivity contribution in [2.45, 2.75) is 112 Å². The van der Waals surface area contributed by atoms with Crippen LogP contribution in [0.1, 0.15) is 87.5 Å². The van der Waals surface area contributed by atoms with Gasteiger partial charge in [0.05, 0.1) is 30.8 Å². The lowest BCUT2D eigenvalue weighted by Gasteiger charge is -2.30. The molecule has 0 spiro atoms. The van der Waals surface area contributed by atoms with E-state index in [0.717, 1.165) is 0 Å². The molecule has 30 heavy (non-hydrogen) atoms. The van der Waals surface area contributed by atoms with Crippen LogP contribution in [0.5, 0.6) is 0 Å². The van der Waals surface area contributed by atoms with Gasteiger partial charge in [-0.15, -0.1) is 0 Å². The maximum atomic E-state index is 13.1. The summed E-state index contributed by atoms with van der Waals surface area (Å²) in [6, 6.07) is 0. The zero-order chi connectivity index (χ0) is 23.5. The molecule has 0 radical (unpaired) electrons.